The van der Waals surface area contributed by atoms with E-state index in [1.54, 1.807) is 11.3 Å². The lowest BCUT2D eigenvalue weighted by Gasteiger charge is -2.32. The molecule has 21 heavy (non-hydrogen) atoms. The van der Waals surface area contributed by atoms with E-state index in [9.17, 15) is 0 Å². The molecule has 0 saturated carbocycles. The van der Waals surface area contributed by atoms with Gasteiger partial charge in [-0.2, -0.15) is 0 Å². The van der Waals surface area contributed by atoms with Crippen LogP contribution in [-0.4, -0.2) is 37.9 Å². The van der Waals surface area contributed by atoms with Gasteiger partial charge in [0.2, 0.25) is 0 Å². The molecule has 2 heterocycles. The second-order valence-electron chi connectivity index (χ2n) is 4.96. The van der Waals surface area contributed by atoms with E-state index in [2.05, 4.69) is 35.0 Å². The van der Waals surface area contributed by atoms with Gasteiger partial charge in [-0.1, -0.05) is 6.07 Å². The lowest BCUT2D eigenvalue weighted by molar-refractivity contribution is 0.152. The number of aromatic nitrogens is 1. The second-order valence-corrected chi connectivity index (χ2v) is 6.20. The van der Waals surface area contributed by atoms with Crippen LogP contribution >= 0.6 is 11.3 Å². The maximum absolute atomic E-state index is 5.94. The van der Waals surface area contributed by atoms with Crippen molar-refractivity contribution in [3.8, 4) is 16.3 Å². The van der Waals surface area contributed by atoms with E-state index in [4.69, 9.17) is 9.47 Å². The Kier molecular flexibility index (Phi) is 4.41. The Morgan fingerprint density at radius 3 is 3.10 bits per heavy atom. The van der Waals surface area contributed by atoms with Crippen molar-refractivity contribution in [3.05, 3.63) is 29.3 Å². The van der Waals surface area contributed by atoms with Crippen LogP contribution in [-0.2, 0) is 4.74 Å². The van der Waals surface area contributed by atoms with Crippen LogP contribution in [0, 0.1) is 6.92 Å². The summed E-state index contributed by atoms with van der Waals surface area (Å²) in [6.07, 6.45) is 1.91. The molecule has 0 atom stereocenters. The summed E-state index contributed by atoms with van der Waals surface area (Å²) >= 11 is 1.70. The maximum atomic E-state index is 5.94. The molecule has 3 rings (SSSR count). The summed E-state index contributed by atoms with van der Waals surface area (Å²) in [7, 11) is 0. The zero-order valence-electron chi connectivity index (χ0n) is 12.5. The van der Waals surface area contributed by atoms with Crippen LogP contribution in [0.15, 0.2) is 24.4 Å². The number of anilines is 1. The molecule has 0 aliphatic carbocycles. The van der Waals surface area contributed by atoms with Crippen LogP contribution in [0.1, 0.15) is 11.8 Å². The van der Waals surface area contributed by atoms with E-state index in [1.165, 1.54) is 4.88 Å². The molecule has 0 bridgehead atoms. The molecule has 0 radical (unpaired) electrons. The largest absolute Gasteiger partial charge is 0.489 e. The highest BCUT2D eigenvalue weighted by molar-refractivity contribution is 7.15. The number of benzene rings is 1. The zero-order chi connectivity index (χ0) is 14.7. The first kappa shape index (κ1) is 14.4. The molecule has 5 heteroatoms. The molecule has 2 aromatic rings. The number of thiazole rings is 1. The van der Waals surface area contributed by atoms with Crippen molar-refractivity contribution >= 4 is 17.0 Å². The average Bonchev–Trinajstić information content (AvgIpc) is 2.93. The fraction of sp³-hybridized carbons (Fsp3) is 0.438. The third-order valence-corrected chi connectivity index (χ3v) is 4.45. The Morgan fingerprint density at radius 2 is 2.33 bits per heavy atom. The van der Waals surface area contributed by atoms with Crippen molar-refractivity contribution in [2.75, 3.05) is 37.8 Å². The molecule has 0 saturated heterocycles. The number of hydrogen-bond acceptors (Lipinski definition) is 5. The third kappa shape index (κ3) is 3.04. The number of ether oxygens (including phenoxy) is 2. The van der Waals surface area contributed by atoms with Gasteiger partial charge in [0, 0.05) is 24.2 Å². The first-order valence-corrected chi connectivity index (χ1v) is 8.12. The van der Waals surface area contributed by atoms with E-state index < -0.39 is 0 Å². The van der Waals surface area contributed by atoms with Crippen molar-refractivity contribution < 1.29 is 9.47 Å². The number of aryl methyl sites for hydroxylation is 1. The van der Waals surface area contributed by atoms with Gasteiger partial charge in [0.05, 0.1) is 24.4 Å². The number of nitrogens with zero attached hydrogens (tertiary/aromatic N) is 2. The van der Waals surface area contributed by atoms with Gasteiger partial charge in [0.25, 0.3) is 0 Å². The molecule has 1 aromatic carbocycles. The Balaban J connectivity index is 1.90. The first-order valence-electron chi connectivity index (χ1n) is 7.31. The van der Waals surface area contributed by atoms with Gasteiger partial charge in [-0.15, -0.1) is 11.3 Å². The predicted molar refractivity (Wildman–Crippen MR) is 86.5 cm³/mol. The average molecular weight is 304 g/mol. The summed E-state index contributed by atoms with van der Waals surface area (Å²) in [5, 5.41) is 1.02. The summed E-state index contributed by atoms with van der Waals surface area (Å²) in [6, 6.07) is 6.28. The smallest absolute Gasteiger partial charge is 0.152 e. The van der Waals surface area contributed by atoms with Crippen LogP contribution in [0.5, 0.6) is 5.75 Å². The molecular weight excluding hydrogens is 284 g/mol. The van der Waals surface area contributed by atoms with Crippen LogP contribution < -0.4 is 9.64 Å². The number of fused-ring (bicyclic) bond motifs is 1. The standard InChI is InChI=1S/C16H20N2O2S/c1-3-19-9-7-18-8-10-20-15-13(5-4-6-14(15)18)16-17-11-12(2)21-16/h4-6,11H,3,7-10H2,1-2H3. The minimum Gasteiger partial charge on any atom is -0.489 e. The van der Waals surface area contributed by atoms with Crippen molar-refractivity contribution in [2.45, 2.75) is 13.8 Å². The van der Waals surface area contributed by atoms with E-state index in [-0.39, 0.29) is 0 Å². The van der Waals surface area contributed by atoms with Gasteiger partial charge in [-0.05, 0) is 26.0 Å². The minimum atomic E-state index is 0.709. The topological polar surface area (TPSA) is 34.6 Å². The van der Waals surface area contributed by atoms with Gasteiger partial charge in [-0.3, -0.25) is 0 Å². The monoisotopic (exact) mass is 304 g/mol. The summed E-state index contributed by atoms with van der Waals surface area (Å²) in [5.74, 6) is 0.953. The van der Waals surface area contributed by atoms with Gasteiger partial charge in [0.1, 0.15) is 11.6 Å². The molecule has 0 spiro atoms. The summed E-state index contributed by atoms with van der Waals surface area (Å²) in [4.78, 5) is 8.04. The molecule has 0 fully saturated rings. The van der Waals surface area contributed by atoms with Gasteiger partial charge in [-0.25, -0.2) is 4.98 Å². The molecule has 1 aliphatic rings. The lowest BCUT2D eigenvalue weighted by atomic mass is 10.1. The molecule has 1 aromatic heterocycles. The van der Waals surface area contributed by atoms with Crippen LogP contribution in [0.3, 0.4) is 0 Å². The normalized spacial score (nSPS) is 13.9. The predicted octanol–water partition coefficient (Wildman–Crippen LogP) is 3.35. The van der Waals surface area contributed by atoms with E-state index in [0.717, 1.165) is 48.3 Å². The number of hydrogen-bond donors (Lipinski definition) is 0. The highest BCUT2D eigenvalue weighted by Gasteiger charge is 2.22. The van der Waals surface area contributed by atoms with Crippen molar-refractivity contribution in [3.63, 3.8) is 0 Å². The van der Waals surface area contributed by atoms with E-state index >= 15 is 0 Å². The highest BCUT2D eigenvalue weighted by atomic mass is 32.1. The summed E-state index contributed by atoms with van der Waals surface area (Å²) in [5.41, 5.74) is 2.23. The van der Waals surface area contributed by atoms with Crippen LogP contribution in [0.4, 0.5) is 5.69 Å². The van der Waals surface area contributed by atoms with Crippen molar-refractivity contribution in [1.82, 2.24) is 4.98 Å². The molecule has 112 valence electrons. The summed E-state index contributed by atoms with van der Waals surface area (Å²) < 4.78 is 11.4. The molecule has 4 nitrogen and oxygen atoms in total. The number of para-hydroxylation sites is 1. The molecule has 1 aliphatic heterocycles. The van der Waals surface area contributed by atoms with Gasteiger partial charge >= 0.3 is 0 Å². The Hall–Kier alpha value is -1.59. The molecular formula is C16H20N2O2S. The van der Waals surface area contributed by atoms with Crippen LogP contribution in [0.25, 0.3) is 10.6 Å². The lowest BCUT2D eigenvalue weighted by Crippen LogP contribution is -2.35. The first-order chi connectivity index (χ1) is 10.3. The van der Waals surface area contributed by atoms with Gasteiger partial charge < -0.3 is 14.4 Å². The van der Waals surface area contributed by atoms with Crippen molar-refractivity contribution in [1.29, 1.82) is 0 Å². The third-order valence-electron chi connectivity index (χ3n) is 3.50. The quantitative estimate of drug-likeness (QED) is 0.793. The van der Waals surface area contributed by atoms with Gasteiger partial charge in [0.15, 0.2) is 5.75 Å². The second kappa shape index (κ2) is 6.45. The Morgan fingerprint density at radius 1 is 1.43 bits per heavy atom. The molecule has 0 N–H and O–H groups in total. The summed E-state index contributed by atoms with van der Waals surface area (Å²) in [6.45, 7) is 8.11. The number of rotatable bonds is 5. The fourth-order valence-corrected chi connectivity index (χ4v) is 3.29. The maximum Gasteiger partial charge on any atom is 0.152 e. The zero-order valence-corrected chi connectivity index (χ0v) is 13.3. The highest BCUT2D eigenvalue weighted by Crippen LogP contribution is 2.41. The fourth-order valence-electron chi connectivity index (χ4n) is 2.50. The van der Waals surface area contributed by atoms with Crippen LogP contribution in [0.2, 0.25) is 0 Å². The minimum absolute atomic E-state index is 0.709. The van der Waals surface area contributed by atoms with E-state index in [0.29, 0.717) is 6.61 Å². The molecule has 0 amide bonds. The molecule has 0 unspecified atom stereocenters. The van der Waals surface area contributed by atoms with E-state index in [1.807, 2.05) is 13.1 Å². The van der Waals surface area contributed by atoms with Crippen molar-refractivity contribution in [2.24, 2.45) is 0 Å². The Bertz CT molecular complexity index is 612. The Labute approximate surface area is 129 Å². The SMILES string of the molecule is CCOCCN1CCOc2c(-c3ncc(C)s3)cccc21.